The first-order valence-electron chi connectivity index (χ1n) is 19.4. The summed E-state index contributed by atoms with van der Waals surface area (Å²) in [6, 6.07) is 71.6. The SMILES string of the molecule is c1ccc(-c2ccc(N(c3ccc4c(c3)oc3ccccc34)c3ccc4oc5ccccc5c4c3-c3ccc4c5ccccc5c5ccccc5c4c3)cc2)cc1. The lowest BCUT2D eigenvalue weighted by Gasteiger charge is -2.28. The molecule has 2 heterocycles. The summed E-state index contributed by atoms with van der Waals surface area (Å²) in [6.07, 6.45) is 0. The highest BCUT2D eigenvalue weighted by Gasteiger charge is 2.24. The van der Waals surface area contributed by atoms with Gasteiger partial charge in [0.1, 0.15) is 22.3 Å². The zero-order chi connectivity index (χ0) is 37.5. The number of nitrogens with zero attached hydrogens (tertiary/aromatic N) is 1. The smallest absolute Gasteiger partial charge is 0.137 e. The van der Waals surface area contributed by atoms with Gasteiger partial charge in [-0.1, -0.05) is 140 Å². The van der Waals surface area contributed by atoms with E-state index in [2.05, 4.69) is 187 Å². The van der Waals surface area contributed by atoms with E-state index in [1.54, 1.807) is 0 Å². The Labute approximate surface area is 328 Å². The molecular formula is C54H33NO2. The standard InChI is InChI=1S/C54H33NO2/c1-2-12-34(13-3-1)35-22-25-37(26-23-35)55(38-27-29-45-44-18-8-10-20-49(44)57-52(45)33-38)48-30-31-51-54(46-19-9-11-21-50(46)56-51)53(48)36-24-28-43-41-16-5-4-14-39(41)40-15-6-7-17-42(40)47(43)32-36/h1-33H. The van der Waals surface area contributed by atoms with Crippen LogP contribution >= 0.6 is 0 Å². The maximum Gasteiger partial charge on any atom is 0.137 e. The van der Waals surface area contributed by atoms with Gasteiger partial charge in [0.2, 0.25) is 0 Å². The van der Waals surface area contributed by atoms with E-state index in [1.807, 2.05) is 18.2 Å². The first-order valence-corrected chi connectivity index (χ1v) is 19.4. The maximum atomic E-state index is 6.60. The molecule has 0 amide bonds. The lowest BCUT2D eigenvalue weighted by molar-refractivity contribution is 0.668. The lowest BCUT2D eigenvalue weighted by atomic mass is 9.90. The number of furan rings is 2. The van der Waals surface area contributed by atoms with Gasteiger partial charge in [0.05, 0.1) is 5.69 Å². The summed E-state index contributed by atoms with van der Waals surface area (Å²) in [5.41, 5.74) is 11.1. The van der Waals surface area contributed by atoms with Crippen LogP contribution in [-0.2, 0) is 0 Å². The van der Waals surface area contributed by atoms with Crippen molar-refractivity contribution in [1.29, 1.82) is 0 Å². The number of hydrogen-bond donors (Lipinski definition) is 0. The highest BCUT2D eigenvalue weighted by Crippen LogP contribution is 2.49. The van der Waals surface area contributed by atoms with Crippen molar-refractivity contribution in [1.82, 2.24) is 0 Å². The molecule has 10 aromatic carbocycles. The molecule has 0 spiro atoms. The van der Waals surface area contributed by atoms with E-state index in [0.29, 0.717) is 0 Å². The van der Waals surface area contributed by atoms with E-state index in [4.69, 9.17) is 8.83 Å². The molecule has 3 heteroatoms. The van der Waals surface area contributed by atoms with Gasteiger partial charge in [-0.05, 0) is 104 Å². The number of benzene rings is 10. The van der Waals surface area contributed by atoms with Crippen LogP contribution in [0.15, 0.2) is 209 Å². The van der Waals surface area contributed by atoms with E-state index in [9.17, 15) is 0 Å². The summed E-state index contributed by atoms with van der Waals surface area (Å²) in [5.74, 6) is 0. The topological polar surface area (TPSA) is 29.5 Å². The minimum Gasteiger partial charge on any atom is -0.456 e. The van der Waals surface area contributed by atoms with Crippen molar-refractivity contribution in [2.45, 2.75) is 0 Å². The molecule has 12 rings (SSSR count). The summed E-state index contributed by atoms with van der Waals surface area (Å²) in [7, 11) is 0. The molecule has 0 saturated carbocycles. The minimum absolute atomic E-state index is 0.847. The van der Waals surface area contributed by atoms with Crippen molar-refractivity contribution in [3.63, 3.8) is 0 Å². The van der Waals surface area contributed by atoms with Gasteiger partial charge in [-0.3, -0.25) is 0 Å². The fraction of sp³-hybridized carbons (Fsp3) is 0. The van der Waals surface area contributed by atoms with Crippen LogP contribution in [0.5, 0.6) is 0 Å². The summed E-state index contributed by atoms with van der Waals surface area (Å²) in [5, 5.41) is 11.9. The second-order valence-electron chi connectivity index (χ2n) is 14.8. The second-order valence-corrected chi connectivity index (χ2v) is 14.8. The van der Waals surface area contributed by atoms with Crippen molar-refractivity contribution >= 4 is 93.3 Å². The van der Waals surface area contributed by atoms with Crippen molar-refractivity contribution in [2.75, 3.05) is 4.90 Å². The molecule has 0 unspecified atom stereocenters. The van der Waals surface area contributed by atoms with Gasteiger partial charge in [-0.25, -0.2) is 0 Å². The normalized spacial score (nSPS) is 11.9. The Hall–Kier alpha value is -7.62. The molecule has 266 valence electrons. The number of para-hydroxylation sites is 2. The average Bonchev–Trinajstić information content (AvgIpc) is 3.85. The third-order valence-corrected chi connectivity index (χ3v) is 11.6. The average molecular weight is 728 g/mol. The number of anilines is 3. The third kappa shape index (κ3) is 4.92. The third-order valence-electron chi connectivity index (χ3n) is 11.6. The first-order chi connectivity index (χ1) is 28.3. The molecule has 0 bridgehead atoms. The van der Waals surface area contributed by atoms with E-state index >= 15 is 0 Å². The fourth-order valence-electron chi connectivity index (χ4n) is 9.06. The predicted octanol–water partition coefficient (Wildman–Crippen LogP) is 15.7. The Morgan fingerprint density at radius 2 is 0.772 bits per heavy atom. The number of fused-ring (bicyclic) bond motifs is 12. The van der Waals surface area contributed by atoms with Crippen LogP contribution in [0.2, 0.25) is 0 Å². The molecule has 2 aromatic heterocycles. The molecule has 12 aromatic rings. The van der Waals surface area contributed by atoms with Crippen LogP contribution in [0.4, 0.5) is 17.1 Å². The Bertz CT molecular complexity index is 3490. The summed E-state index contributed by atoms with van der Waals surface area (Å²) < 4.78 is 13.1. The molecule has 57 heavy (non-hydrogen) atoms. The van der Waals surface area contributed by atoms with E-state index in [-0.39, 0.29) is 0 Å². The van der Waals surface area contributed by atoms with E-state index in [0.717, 1.165) is 77.6 Å². The Morgan fingerprint density at radius 3 is 1.49 bits per heavy atom. The molecule has 0 radical (unpaired) electrons. The van der Waals surface area contributed by atoms with Crippen molar-refractivity contribution in [3.8, 4) is 22.3 Å². The summed E-state index contributed by atoms with van der Waals surface area (Å²) >= 11 is 0. The summed E-state index contributed by atoms with van der Waals surface area (Å²) in [6.45, 7) is 0. The zero-order valence-corrected chi connectivity index (χ0v) is 30.8. The number of rotatable bonds is 5. The highest BCUT2D eigenvalue weighted by molar-refractivity contribution is 6.26. The summed E-state index contributed by atoms with van der Waals surface area (Å²) in [4.78, 5) is 2.38. The molecule has 0 N–H and O–H groups in total. The quantitative estimate of drug-likeness (QED) is 0.165. The van der Waals surface area contributed by atoms with Gasteiger partial charge in [0, 0.05) is 44.5 Å². The van der Waals surface area contributed by atoms with Gasteiger partial charge >= 0.3 is 0 Å². The highest BCUT2D eigenvalue weighted by atomic mass is 16.3. The fourth-order valence-corrected chi connectivity index (χ4v) is 9.06. The number of hydrogen-bond acceptors (Lipinski definition) is 3. The Morgan fingerprint density at radius 1 is 0.281 bits per heavy atom. The van der Waals surface area contributed by atoms with Gasteiger partial charge < -0.3 is 13.7 Å². The van der Waals surface area contributed by atoms with Crippen LogP contribution in [0.25, 0.3) is 98.4 Å². The lowest BCUT2D eigenvalue weighted by Crippen LogP contribution is -2.11. The van der Waals surface area contributed by atoms with Crippen LogP contribution in [0, 0.1) is 0 Å². The largest absolute Gasteiger partial charge is 0.456 e. The van der Waals surface area contributed by atoms with Gasteiger partial charge in [-0.15, -0.1) is 0 Å². The minimum atomic E-state index is 0.847. The second kappa shape index (κ2) is 12.5. The van der Waals surface area contributed by atoms with Crippen LogP contribution in [0.3, 0.4) is 0 Å². The van der Waals surface area contributed by atoms with E-state index in [1.165, 1.54) is 37.9 Å². The zero-order valence-electron chi connectivity index (χ0n) is 30.8. The van der Waals surface area contributed by atoms with Crippen molar-refractivity contribution < 1.29 is 8.83 Å². The van der Waals surface area contributed by atoms with Crippen molar-refractivity contribution in [3.05, 3.63) is 200 Å². The molecule has 3 nitrogen and oxygen atoms in total. The molecule has 0 aliphatic carbocycles. The van der Waals surface area contributed by atoms with Crippen molar-refractivity contribution in [2.24, 2.45) is 0 Å². The van der Waals surface area contributed by atoms with Crippen LogP contribution in [-0.4, -0.2) is 0 Å². The van der Waals surface area contributed by atoms with Gasteiger partial charge in [0.25, 0.3) is 0 Å². The molecule has 0 aliphatic heterocycles. The Kier molecular flexibility index (Phi) is 6.93. The first kappa shape index (κ1) is 31.7. The molecule has 0 saturated heterocycles. The Balaban J connectivity index is 1.17. The van der Waals surface area contributed by atoms with Gasteiger partial charge in [-0.2, -0.15) is 0 Å². The monoisotopic (exact) mass is 727 g/mol. The van der Waals surface area contributed by atoms with Crippen LogP contribution < -0.4 is 4.90 Å². The predicted molar refractivity (Wildman–Crippen MR) is 239 cm³/mol. The molecule has 0 aliphatic rings. The van der Waals surface area contributed by atoms with Crippen LogP contribution in [0.1, 0.15) is 0 Å². The molecule has 0 fully saturated rings. The van der Waals surface area contributed by atoms with E-state index < -0.39 is 0 Å². The molecular weight excluding hydrogens is 695 g/mol. The molecule has 0 atom stereocenters. The van der Waals surface area contributed by atoms with Gasteiger partial charge in [0.15, 0.2) is 0 Å². The maximum absolute atomic E-state index is 6.60.